The Labute approximate surface area is 188 Å². The molecule has 0 fully saturated rings. The largest absolute Gasteiger partial charge is 0.296 e. The average molecular weight is 469 g/mol. The topological polar surface area (TPSA) is 120 Å². The lowest BCUT2D eigenvalue weighted by molar-refractivity contribution is -0.384. The van der Waals surface area contributed by atoms with Crippen molar-refractivity contribution in [1.29, 1.82) is 0 Å². The van der Waals surface area contributed by atoms with Crippen molar-refractivity contribution in [1.82, 2.24) is 14.8 Å². The van der Waals surface area contributed by atoms with E-state index in [9.17, 15) is 28.5 Å². The Morgan fingerprint density at radius 2 is 1.94 bits per heavy atom. The van der Waals surface area contributed by atoms with E-state index in [0.29, 0.717) is 0 Å². The van der Waals surface area contributed by atoms with Crippen molar-refractivity contribution in [3.05, 3.63) is 97.3 Å². The van der Waals surface area contributed by atoms with Crippen LogP contribution in [0.4, 0.5) is 19.6 Å². The van der Waals surface area contributed by atoms with Crippen LogP contribution in [0.3, 0.4) is 0 Å². The number of anilines is 1. The average Bonchev–Trinajstić information content (AvgIpc) is 3.23. The van der Waals surface area contributed by atoms with E-state index in [0.717, 1.165) is 40.3 Å². The molecule has 12 heteroatoms. The van der Waals surface area contributed by atoms with Crippen molar-refractivity contribution in [2.45, 2.75) is 6.92 Å². The first-order valence-corrected chi connectivity index (χ1v) is 10.2. The van der Waals surface area contributed by atoms with E-state index in [2.05, 4.69) is 15.4 Å². The van der Waals surface area contributed by atoms with Gasteiger partial charge in [-0.2, -0.15) is 5.10 Å². The normalized spacial score (nSPS) is 10.8. The first-order valence-electron chi connectivity index (χ1n) is 9.31. The van der Waals surface area contributed by atoms with Crippen LogP contribution in [0, 0.1) is 28.7 Å². The summed E-state index contributed by atoms with van der Waals surface area (Å²) in [6.07, 6.45) is 0. The van der Waals surface area contributed by atoms with E-state index in [1.165, 1.54) is 30.5 Å². The predicted octanol–water partition coefficient (Wildman–Crippen LogP) is 4.10. The van der Waals surface area contributed by atoms with E-state index in [-0.39, 0.29) is 33.5 Å². The van der Waals surface area contributed by atoms with Gasteiger partial charge in [-0.25, -0.2) is 18.4 Å². The molecule has 9 nitrogen and oxygen atoms in total. The number of halogens is 2. The maximum absolute atomic E-state index is 14.0. The van der Waals surface area contributed by atoms with Crippen LogP contribution in [0.5, 0.6) is 0 Å². The van der Waals surface area contributed by atoms with Crippen molar-refractivity contribution in [2.75, 3.05) is 5.32 Å². The van der Waals surface area contributed by atoms with Crippen molar-refractivity contribution in [2.24, 2.45) is 0 Å². The molecule has 2 aromatic carbocycles. The maximum atomic E-state index is 14.0. The molecule has 0 saturated carbocycles. The van der Waals surface area contributed by atoms with Gasteiger partial charge in [-0.15, -0.1) is 11.3 Å². The highest BCUT2D eigenvalue weighted by Crippen LogP contribution is 2.28. The third kappa shape index (κ3) is 4.36. The van der Waals surface area contributed by atoms with E-state index < -0.39 is 33.6 Å². The minimum atomic E-state index is -0.909. The number of carbonyl (C=O) groups is 1. The van der Waals surface area contributed by atoms with Gasteiger partial charge in [-0.1, -0.05) is 12.1 Å². The summed E-state index contributed by atoms with van der Waals surface area (Å²) in [6, 6.07) is 9.79. The number of thiazole rings is 1. The first-order chi connectivity index (χ1) is 15.7. The highest BCUT2D eigenvalue weighted by atomic mass is 32.1. The summed E-state index contributed by atoms with van der Waals surface area (Å²) in [7, 11) is 0. The molecular formula is C21H13F2N5O4S. The van der Waals surface area contributed by atoms with E-state index in [1.54, 1.807) is 6.07 Å². The Morgan fingerprint density at radius 1 is 1.18 bits per heavy atom. The lowest BCUT2D eigenvalue weighted by Crippen LogP contribution is -2.27. The molecule has 2 heterocycles. The monoisotopic (exact) mass is 469 g/mol. The quantitative estimate of drug-likeness (QED) is 0.347. The number of nitro groups is 1. The SMILES string of the molecule is Cc1cc(=O)c(C(=O)Nc2nc(-c3cc(F)ccc3F)cs2)nn1-c1ccccc1[N+](=O)[O-]. The summed E-state index contributed by atoms with van der Waals surface area (Å²) >= 11 is 0.940. The van der Waals surface area contributed by atoms with Crippen LogP contribution in [0.1, 0.15) is 16.2 Å². The molecule has 1 N–H and O–H groups in total. The molecule has 1 amide bonds. The Kier molecular flexibility index (Phi) is 5.75. The minimum absolute atomic E-state index is 0.0256. The second-order valence-electron chi connectivity index (χ2n) is 6.77. The number of nitrogens with one attached hydrogen (secondary N) is 1. The van der Waals surface area contributed by atoms with E-state index >= 15 is 0 Å². The van der Waals surface area contributed by atoms with Gasteiger partial charge in [-0.3, -0.25) is 25.0 Å². The fourth-order valence-corrected chi connectivity index (χ4v) is 3.76. The minimum Gasteiger partial charge on any atom is -0.296 e. The number of nitrogens with zero attached hydrogens (tertiary/aromatic N) is 4. The number of amides is 1. The van der Waals surface area contributed by atoms with Crippen LogP contribution in [0.25, 0.3) is 16.9 Å². The van der Waals surface area contributed by atoms with Gasteiger partial charge in [0.1, 0.15) is 17.3 Å². The fourth-order valence-electron chi connectivity index (χ4n) is 3.05. The van der Waals surface area contributed by atoms with Crippen molar-refractivity contribution < 1.29 is 18.5 Å². The molecular weight excluding hydrogens is 456 g/mol. The lowest BCUT2D eigenvalue weighted by atomic mass is 10.1. The predicted molar refractivity (Wildman–Crippen MR) is 117 cm³/mol. The highest BCUT2D eigenvalue weighted by molar-refractivity contribution is 7.14. The summed E-state index contributed by atoms with van der Waals surface area (Å²) in [4.78, 5) is 40.0. The molecule has 0 atom stereocenters. The van der Waals surface area contributed by atoms with Crippen LogP contribution in [0.15, 0.2) is 58.7 Å². The number of aryl methyl sites for hydroxylation is 1. The summed E-state index contributed by atoms with van der Waals surface area (Å²) < 4.78 is 28.6. The smallest absolute Gasteiger partial charge is 0.294 e. The Hall–Kier alpha value is -4.32. The summed E-state index contributed by atoms with van der Waals surface area (Å²) in [6.45, 7) is 1.52. The number of aromatic nitrogens is 3. The summed E-state index contributed by atoms with van der Waals surface area (Å²) in [5, 5.41) is 19.2. The van der Waals surface area contributed by atoms with Crippen LogP contribution < -0.4 is 10.7 Å². The van der Waals surface area contributed by atoms with Crippen LogP contribution in [-0.2, 0) is 0 Å². The molecule has 0 bridgehead atoms. The number of para-hydroxylation sites is 2. The fraction of sp³-hybridized carbons (Fsp3) is 0.0476. The number of hydrogen-bond donors (Lipinski definition) is 1. The van der Waals surface area contributed by atoms with Gasteiger partial charge in [0.05, 0.1) is 10.6 Å². The Bertz CT molecular complexity index is 1470. The molecule has 0 unspecified atom stereocenters. The molecule has 166 valence electrons. The van der Waals surface area contributed by atoms with Gasteiger partial charge >= 0.3 is 0 Å². The highest BCUT2D eigenvalue weighted by Gasteiger charge is 2.21. The van der Waals surface area contributed by atoms with Crippen molar-refractivity contribution in [3.8, 4) is 16.9 Å². The van der Waals surface area contributed by atoms with Crippen molar-refractivity contribution in [3.63, 3.8) is 0 Å². The second kappa shape index (κ2) is 8.67. The number of carbonyl (C=O) groups excluding carboxylic acids is 1. The second-order valence-corrected chi connectivity index (χ2v) is 7.63. The molecule has 0 aliphatic heterocycles. The summed E-state index contributed by atoms with van der Waals surface area (Å²) in [5.41, 5.74) is -1.11. The zero-order chi connectivity index (χ0) is 23.7. The molecule has 33 heavy (non-hydrogen) atoms. The first kappa shape index (κ1) is 21.9. The van der Waals surface area contributed by atoms with E-state index in [1.807, 2.05) is 0 Å². The number of benzene rings is 2. The number of rotatable bonds is 5. The summed E-state index contributed by atoms with van der Waals surface area (Å²) in [5.74, 6) is -2.25. The third-order valence-corrected chi connectivity index (χ3v) is 5.32. The molecule has 0 aliphatic rings. The van der Waals surface area contributed by atoms with Crippen LogP contribution in [-0.4, -0.2) is 25.6 Å². The van der Waals surface area contributed by atoms with Gasteiger partial charge in [0.15, 0.2) is 10.8 Å². The van der Waals surface area contributed by atoms with Crippen LogP contribution >= 0.6 is 11.3 Å². The van der Waals surface area contributed by atoms with Gasteiger partial charge in [0, 0.05) is 28.8 Å². The zero-order valence-corrected chi connectivity index (χ0v) is 17.6. The third-order valence-electron chi connectivity index (χ3n) is 4.56. The molecule has 0 spiro atoms. The standard InChI is InChI=1S/C21H13F2N5O4S/c1-11-8-18(29)19(26-27(11)16-4-2-3-5-17(16)28(31)32)20(30)25-21-24-15(10-33-21)13-9-12(22)6-7-14(13)23/h2-10H,1H3,(H,24,25,30). The van der Waals surface area contributed by atoms with Gasteiger partial charge < -0.3 is 0 Å². The zero-order valence-electron chi connectivity index (χ0n) is 16.8. The Balaban J connectivity index is 1.67. The molecule has 0 radical (unpaired) electrons. The van der Waals surface area contributed by atoms with Gasteiger partial charge in [-0.05, 0) is 31.2 Å². The van der Waals surface area contributed by atoms with Crippen molar-refractivity contribution >= 4 is 28.1 Å². The number of nitro benzene ring substituents is 1. The van der Waals surface area contributed by atoms with Gasteiger partial charge in [0.2, 0.25) is 5.43 Å². The van der Waals surface area contributed by atoms with Crippen LogP contribution in [0.2, 0.25) is 0 Å². The molecule has 4 aromatic rings. The Morgan fingerprint density at radius 3 is 2.70 bits per heavy atom. The molecule has 4 rings (SSSR count). The lowest BCUT2D eigenvalue weighted by Gasteiger charge is -2.11. The molecule has 2 aromatic heterocycles. The van der Waals surface area contributed by atoms with E-state index in [4.69, 9.17) is 0 Å². The maximum Gasteiger partial charge on any atom is 0.294 e. The molecule has 0 saturated heterocycles. The number of hydrogen-bond acceptors (Lipinski definition) is 7. The van der Waals surface area contributed by atoms with Gasteiger partial charge in [0.25, 0.3) is 11.6 Å². The molecule has 0 aliphatic carbocycles.